The molecule has 2 aliphatic rings. The van der Waals surface area contributed by atoms with Gasteiger partial charge in [-0.1, -0.05) is 12.1 Å². The topological polar surface area (TPSA) is 55.2 Å². The number of benzene rings is 1. The summed E-state index contributed by atoms with van der Waals surface area (Å²) < 4.78 is 0. The molecule has 1 aromatic carbocycles. The minimum atomic E-state index is -0.343. The van der Waals surface area contributed by atoms with Crippen molar-refractivity contribution in [1.29, 1.82) is 0 Å². The Hall–Kier alpha value is -1.42. The Labute approximate surface area is 93.8 Å². The summed E-state index contributed by atoms with van der Waals surface area (Å²) in [5.41, 5.74) is 1.44. The Morgan fingerprint density at radius 3 is 2.62 bits per heavy atom. The van der Waals surface area contributed by atoms with E-state index in [1.807, 2.05) is 12.1 Å². The van der Waals surface area contributed by atoms with Crippen molar-refractivity contribution in [3.05, 3.63) is 39.9 Å². The number of non-ortho nitro benzene ring substituents is 1. The van der Waals surface area contributed by atoms with Crippen LogP contribution in [0.1, 0.15) is 17.9 Å². The molecule has 4 nitrogen and oxygen atoms in total. The molecule has 1 saturated carbocycles. The maximum Gasteiger partial charge on any atom is 0.269 e. The molecule has 0 amide bonds. The smallest absolute Gasteiger partial charge is 0.269 e. The average molecular weight is 218 g/mol. The third kappa shape index (κ3) is 1.41. The Morgan fingerprint density at radius 1 is 1.25 bits per heavy atom. The number of rotatable bonds is 2. The second-order valence-electron chi connectivity index (χ2n) is 4.77. The first-order valence-electron chi connectivity index (χ1n) is 5.71. The summed E-state index contributed by atoms with van der Waals surface area (Å²) in [6.45, 7) is 2.25. The number of hydrogen-bond donors (Lipinski definition) is 1. The zero-order valence-electron chi connectivity index (χ0n) is 8.93. The highest BCUT2D eigenvalue weighted by Crippen LogP contribution is 2.49. The van der Waals surface area contributed by atoms with Gasteiger partial charge in [-0.25, -0.2) is 0 Å². The van der Waals surface area contributed by atoms with E-state index >= 15 is 0 Å². The van der Waals surface area contributed by atoms with E-state index in [0.717, 1.165) is 24.9 Å². The minimum absolute atomic E-state index is 0.184. The second kappa shape index (κ2) is 3.56. The fraction of sp³-hybridized carbons (Fsp3) is 0.500. The molecule has 1 aliphatic heterocycles. The third-order valence-corrected chi connectivity index (χ3v) is 4.00. The minimum Gasteiger partial charge on any atom is -0.316 e. The number of fused-ring (bicyclic) bond motifs is 1. The monoisotopic (exact) mass is 218 g/mol. The first kappa shape index (κ1) is 9.78. The lowest BCUT2D eigenvalue weighted by Crippen LogP contribution is -2.33. The highest BCUT2D eigenvalue weighted by atomic mass is 16.6. The van der Waals surface area contributed by atoms with Crippen molar-refractivity contribution in [1.82, 2.24) is 5.32 Å². The van der Waals surface area contributed by atoms with E-state index in [-0.39, 0.29) is 10.6 Å². The molecule has 0 bridgehead atoms. The molecule has 1 saturated heterocycles. The first-order chi connectivity index (χ1) is 7.75. The van der Waals surface area contributed by atoms with E-state index in [4.69, 9.17) is 0 Å². The summed E-state index contributed by atoms with van der Waals surface area (Å²) in [5.74, 6) is 2.20. The van der Waals surface area contributed by atoms with Crippen LogP contribution in [0.4, 0.5) is 5.69 Å². The molecule has 0 aromatic heterocycles. The molecule has 1 heterocycles. The zero-order valence-corrected chi connectivity index (χ0v) is 8.93. The molecule has 0 radical (unpaired) electrons. The molecule has 84 valence electrons. The van der Waals surface area contributed by atoms with Crippen molar-refractivity contribution in [3.63, 3.8) is 0 Å². The van der Waals surface area contributed by atoms with Gasteiger partial charge in [-0.2, -0.15) is 0 Å². The van der Waals surface area contributed by atoms with E-state index in [9.17, 15) is 10.1 Å². The van der Waals surface area contributed by atoms with Crippen molar-refractivity contribution in [3.8, 4) is 0 Å². The van der Waals surface area contributed by atoms with Gasteiger partial charge in [-0.3, -0.25) is 10.1 Å². The summed E-state index contributed by atoms with van der Waals surface area (Å²) >= 11 is 0. The van der Waals surface area contributed by atoms with Crippen molar-refractivity contribution >= 4 is 5.69 Å². The second-order valence-corrected chi connectivity index (χ2v) is 4.77. The van der Waals surface area contributed by atoms with Gasteiger partial charge in [-0.15, -0.1) is 0 Å². The van der Waals surface area contributed by atoms with E-state index in [2.05, 4.69) is 5.32 Å². The highest BCUT2D eigenvalue weighted by molar-refractivity contribution is 5.36. The Kier molecular flexibility index (Phi) is 2.17. The molecule has 3 rings (SSSR count). The van der Waals surface area contributed by atoms with Crippen molar-refractivity contribution in [2.45, 2.75) is 12.3 Å². The lowest BCUT2D eigenvalue weighted by Gasteiger charge is -2.40. The molecule has 1 aromatic rings. The average Bonchev–Trinajstić information content (AvgIpc) is 2.61. The first-order valence-corrected chi connectivity index (χ1v) is 5.71. The van der Waals surface area contributed by atoms with Gasteiger partial charge < -0.3 is 5.32 Å². The van der Waals surface area contributed by atoms with Gasteiger partial charge in [0.1, 0.15) is 0 Å². The molecule has 1 N–H and O–H groups in total. The number of hydrogen-bond acceptors (Lipinski definition) is 3. The van der Waals surface area contributed by atoms with E-state index in [0.29, 0.717) is 5.92 Å². The lowest BCUT2D eigenvalue weighted by atomic mass is 9.64. The van der Waals surface area contributed by atoms with Crippen LogP contribution in [-0.4, -0.2) is 18.0 Å². The van der Waals surface area contributed by atoms with Crippen LogP contribution in [0.3, 0.4) is 0 Å². The molecule has 1 aliphatic carbocycles. The van der Waals surface area contributed by atoms with E-state index in [1.54, 1.807) is 12.1 Å². The molecular weight excluding hydrogens is 204 g/mol. The van der Waals surface area contributed by atoms with Crippen LogP contribution in [0.15, 0.2) is 24.3 Å². The summed E-state index contributed by atoms with van der Waals surface area (Å²) in [4.78, 5) is 10.2. The van der Waals surface area contributed by atoms with Gasteiger partial charge in [0.05, 0.1) is 4.92 Å². The van der Waals surface area contributed by atoms with E-state index < -0.39 is 0 Å². The SMILES string of the molecule is O=[N+]([O-])c1ccc([C@@H]2C[C@@H]3CNC[C@@H]32)cc1. The largest absolute Gasteiger partial charge is 0.316 e. The Balaban J connectivity index is 1.78. The summed E-state index contributed by atoms with van der Waals surface area (Å²) in [6.07, 6.45) is 1.23. The van der Waals surface area contributed by atoms with Gasteiger partial charge >= 0.3 is 0 Å². The van der Waals surface area contributed by atoms with Crippen molar-refractivity contribution in [2.75, 3.05) is 13.1 Å². The molecular formula is C12H14N2O2. The maximum absolute atomic E-state index is 10.5. The predicted octanol–water partition coefficient (Wildman–Crippen LogP) is 1.92. The number of nitrogens with one attached hydrogen (secondary N) is 1. The number of nitrogens with zero attached hydrogens (tertiary/aromatic N) is 1. The number of nitro groups is 1. The molecule has 0 spiro atoms. The summed E-state index contributed by atoms with van der Waals surface area (Å²) in [5, 5.41) is 13.9. The van der Waals surface area contributed by atoms with Gasteiger partial charge in [0.15, 0.2) is 0 Å². The standard InChI is InChI=1S/C12H14N2O2/c15-14(16)10-3-1-8(2-4-10)11-5-9-6-13-7-12(9)11/h1-4,9,11-13H,5-7H2/t9-,11+,12+/m1/s1. The summed E-state index contributed by atoms with van der Waals surface area (Å²) in [6, 6.07) is 7.06. The molecule has 4 heteroatoms. The maximum atomic E-state index is 10.5. The van der Waals surface area contributed by atoms with E-state index in [1.165, 1.54) is 12.0 Å². The molecule has 16 heavy (non-hydrogen) atoms. The van der Waals surface area contributed by atoms with Crippen LogP contribution in [-0.2, 0) is 0 Å². The normalized spacial score (nSPS) is 31.9. The third-order valence-electron chi connectivity index (χ3n) is 4.00. The Morgan fingerprint density at radius 2 is 2.00 bits per heavy atom. The van der Waals surface area contributed by atoms with Crippen LogP contribution in [0.2, 0.25) is 0 Å². The predicted molar refractivity (Wildman–Crippen MR) is 60.3 cm³/mol. The quantitative estimate of drug-likeness (QED) is 0.609. The molecule has 2 fully saturated rings. The summed E-state index contributed by atoms with van der Waals surface area (Å²) in [7, 11) is 0. The molecule has 3 atom stereocenters. The zero-order chi connectivity index (χ0) is 11.1. The van der Waals surface area contributed by atoms with Crippen LogP contribution in [0, 0.1) is 22.0 Å². The van der Waals surface area contributed by atoms with Gasteiger partial charge in [0.2, 0.25) is 0 Å². The fourth-order valence-corrected chi connectivity index (χ4v) is 3.01. The van der Waals surface area contributed by atoms with Crippen LogP contribution >= 0.6 is 0 Å². The van der Waals surface area contributed by atoms with Crippen LogP contribution < -0.4 is 5.32 Å². The Bertz CT molecular complexity index is 416. The van der Waals surface area contributed by atoms with Gasteiger partial charge in [-0.05, 0) is 42.8 Å². The number of nitro benzene ring substituents is 1. The van der Waals surface area contributed by atoms with Crippen molar-refractivity contribution in [2.24, 2.45) is 11.8 Å². The fourth-order valence-electron chi connectivity index (χ4n) is 3.01. The molecule has 0 unspecified atom stereocenters. The van der Waals surface area contributed by atoms with Crippen LogP contribution in [0.5, 0.6) is 0 Å². The van der Waals surface area contributed by atoms with Gasteiger partial charge in [0.25, 0.3) is 5.69 Å². The van der Waals surface area contributed by atoms with Crippen LogP contribution in [0.25, 0.3) is 0 Å². The van der Waals surface area contributed by atoms with Gasteiger partial charge in [0, 0.05) is 12.1 Å². The highest BCUT2D eigenvalue weighted by Gasteiger charge is 2.44. The van der Waals surface area contributed by atoms with Crippen molar-refractivity contribution < 1.29 is 4.92 Å². The lowest BCUT2D eigenvalue weighted by molar-refractivity contribution is -0.384.